The lowest BCUT2D eigenvalue weighted by atomic mass is 9.94. The predicted molar refractivity (Wildman–Crippen MR) is 80.7 cm³/mol. The highest BCUT2D eigenvalue weighted by Gasteiger charge is 2.44. The van der Waals surface area contributed by atoms with Crippen molar-refractivity contribution in [1.82, 2.24) is 15.0 Å². The van der Waals surface area contributed by atoms with Crippen molar-refractivity contribution in [2.24, 2.45) is 11.8 Å². The quantitative estimate of drug-likeness (QED) is 0.850. The lowest BCUT2D eigenvalue weighted by Crippen LogP contribution is -2.27. The van der Waals surface area contributed by atoms with Crippen molar-refractivity contribution < 1.29 is 9.47 Å². The number of fused-ring (bicyclic) bond motifs is 1. The van der Waals surface area contributed by atoms with E-state index in [1.54, 1.807) is 24.8 Å². The number of hydrogen-bond donors (Lipinski definition) is 0. The van der Waals surface area contributed by atoms with Crippen molar-refractivity contribution in [2.45, 2.75) is 6.10 Å². The van der Waals surface area contributed by atoms with Crippen molar-refractivity contribution in [3.8, 4) is 5.75 Å². The van der Waals surface area contributed by atoms with E-state index in [9.17, 15) is 0 Å². The summed E-state index contributed by atoms with van der Waals surface area (Å²) in [5, 5.41) is 0. The van der Waals surface area contributed by atoms with Gasteiger partial charge in [0.2, 0.25) is 0 Å². The van der Waals surface area contributed by atoms with Crippen LogP contribution in [0.25, 0.3) is 0 Å². The number of ether oxygens (including phenoxy) is 2. The molecular formula is C16H18N4O2. The van der Waals surface area contributed by atoms with Crippen LogP contribution in [0.3, 0.4) is 0 Å². The first kappa shape index (κ1) is 13.5. The van der Waals surface area contributed by atoms with Crippen molar-refractivity contribution >= 4 is 5.82 Å². The Morgan fingerprint density at radius 3 is 2.86 bits per heavy atom. The first-order chi connectivity index (χ1) is 10.9. The van der Waals surface area contributed by atoms with Crippen LogP contribution in [0.2, 0.25) is 0 Å². The molecule has 0 amide bonds. The van der Waals surface area contributed by atoms with Gasteiger partial charge < -0.3 is 14.4 Å². The van der Waals surface area contributed by atoms with Crippen LogP contribution < -0.4 is 9.64 Å². The molecule has 0 aromatic carbocycles. The molecular weight excluding hydrogens is 280 g/mol. The van der Waals surface area contributed by atoms with Crippen LogP contribution in [0.15, 0.2) is 43.1 Å². The maximum atomic E-state index is 5.95. The minimum Gasteiger partial charge on any atom is -0.493 e. The van der Waals surface area contributed by atoms with E-state index in [-0.39, 0.29) is 6.10 Å². The zero-order valence-electron chi connectivity index (χ0n) is 12.2. The van der Waals surface area contributed by atoms with E-state index in [2.05, 4.69) is 19.9 Å². The molecule has 2 aliphatic heterocycles. The van der Waals surface area contributed by atoms with Crippen LogP contribution in [0, 0.1) is 11.8 Å². The van der Waals surface area contributed by atoms with Crippen molar-refractivity contribution in [3.05, 3.63) is 43.1 Å². The average Bonchev–Trinajstić information content (AvgIpc) is 3.16. The molecule has 0 spiro atoms. The molecule has 4 heterocycles. The first-order valence-corrected chi connectivity index (χ1v) is 7.55. The molecule has 6 nitrogen and oxygen atoms in total. The number of pyridine rings is 1. The Bertz CT molecular complexity index is 610. The molecule has 0 aliphatic carbocycles. The Morgan fingerprint density at radius 1 is 1.14 bits per heavy atom. The first-order valence-electron chi connectivity index (χ1n) is 7.55. The lowest BCUT2D eigenvalue weighted by molar-refractivity contribution is 0.108. The molecule has 2 aromatic rings. The van der Waals surface area contributed by atoms with Gasteiger partial charge >= 0.3 is 0 Å². The fraction of sp³-hybridized carbons (Fsp3) is 0.438. The van der Waals surface area contributed by atoms with Gasteiger partial charge in [-0.25, -0.2) is 4.98 Å². The second-order valence-electron chi connectivity index (χ2n) is 5.76. The van der Waals surface area contributed by atoms with Gasteiger partial charge in [-0.1, -0.05) is 0 Å². The summed E-state index contributed by atoms with van der Waals surface area (Å²) in [6, 6.07) is 3.77. The molecule has 0 N–H and O–H groups in total. The monoisotopic (exact) mass is 298 g/mol. The largest absolute Gasteiger partial charge is 0.493 e. The number of rotatable bonds is 4. The normalized spacial score (nSPS) is 26.9. The van der Waals surface area contributed by atoms with Crippen LogP contribution in [0.4, 0.5) is 5.82 Å². The Morgan fingerprint density at radius 2 is 2.05 bits per heavy atom. The highest BCUT2D eigenvalue weighted by atomic mass is 16.5. The van der Waals surface area contributed by atoms with Gasteiger partial charge in [0.05, 0.1) is 25.5 Å². The highest BCUT2D eigenvalue weighted by molar-refractivity contribution is 5.38. The van der Waals surface area contributed by atoms with Gasteiger partial charge in [-0.2, -0.15) is 0 Å². The van der Waals surface area contributed by atoms with Crippen LogP contribution in [-0.4, -0.2) is 47.4 Å². The molecule has 0 unspecified atom stereocenters. The van der Waals surface area contributed by atoms with E-state index in [1.807, 2.05) is 18.3 Å². The predicted octanol–water partition coefficient (Wildman–Crippen LogP) is 1.40. The fourth-order valence-corrected chi connectivity index (χ4v) is 3.25. The summed E-state index contributed by atoms with van der Waals surface area (Å²) >= 11 is 0. The van der Waals surface area contributed by atoms with Gasteiger partial charge in [-0.15, -0.1) is 0 Å². The summed E-state index contributed by atoms with van der Waals surface area (Å²) in [6.07, 6.45) is 9.00. The molecule has 0 bridgehead atoms. The molecule has 0 radical (unpaired) electrons. The maximum Gasteiger partial charge on any atom is 0.147 e. The third kappa shape index (κ3) is 2.62. The smallest absolute Gasteiger partial charge is 0.147 e. The molecule has 114 valence electrons. The summed E-state index contributed by atoms with van der Waals surface area (Å²) in [7, 11) is 0. The summed E-state index contributed by atoms with van der Waals surface area (Å²) in [5.41, 5.74) is 0. The van der Waals surface area contributed by atoms with Gasteiger partial charge in [0.25, 0.3) is 0 Å². The fourth-order valence-electron chi connectivity index (χ4n) is 3.25. The van der Waals surface area contributed by atoms with Crippen LogP contribution >= 0.6 is 0 Å². The standard InChI is InChI=1S/C16H18N4O2/c1-3-17-4-2-13(1)21-10-12-11-22-15-9-20(8-14(12)15)16-7-18-5-6-19-16/h1-7,12,14-15H,8-11H2/t12-,14-,15-/m1/s1. The number of hydrogen-bond acceptors (Lipinski definition) is 6. The molecule has 0 saturated carbocycles. The minimum absolute atomic E-state index is 0.271. The van der Waals surface area contributed by atoms with Crippen molar-refractivity contribution in [1.29, 1.82) is 0 Å². The summed E-state index contributed by atoms with van der Waals surface area (Å²) in [5.74, 6) is 2.69. The van der Waals surface area contributed by atoms with E-state index < -0.39 is 0 Å². The zero-order chi connectivity index (χ0) is 14.8. The van der Waals surface area contributed by atoms with E-state index in [1.165, 1.54) is 0 Å². The topological polar surface area (TPSA) is 60.4 Å². The summed E-state index contributed by atoms with van der Waals surface area (Å²) in [4.78, 5) is 14.8. The third-order valence-electron chi connectivity index (χ3n) is 4.43. The number of anilines is 1. The molecule has 4 rings (SSSR count). The molecule has 2 aromatic heterocycles. The number of nitrogens with zero attached hydrogens (tertiary/aromatic N) is 4. The van der Waals surface area contributed by atoms with Crippen molar-refractivity contribution in [2.75, 3.05) is 31.2 Å². The average molecular weight is 298 g/mol. The molecule has 22 heavy (non-hydrogen) atoms. The van der Waals surface area contributed by atoms with E-state index in [4.69, 9.17) is 9.47 Å². The molecule has 2 aliphatic rings. The summed E-state index contributed by atoms with van der Waals surface area (Å²) < 4.78 is 11.8. The van der Waals surface area contributed by atoms with E-state index in [0.717, 1.165) is 31.3 Å². The summed E-state index contributed by atoms with van der Waals surface area (Å²) in [6.45, 7) is 3.29. The Balaban J connectivity index is 1.38. The van der Waals surface area contributed by atoms with Gasteiger partial charge in [0, 0.05) is 49.7 Å². The van der Waals surface area contributed by atoms with Gasteiger partial charge in [0.1, 0.15) is 11.6 Å². The van der Waals surface area contributed by atoms with Gasteiger partial charge in [-0.3, -0.25) is 9.97 Å². The van der Waals surface area contributed by atoms with E-state index >= 15 is 0 Å². The third-order valence-corrected chi connectivity index (χ3v) is 4.43. The van der Waals surface area contributed by atoms with E-state index in [0.29, 0.717) is 18.4 Å². The molecule has 2 fully saturated rings. The highest BCUT2D eigenvalue weighted by Crippen LogP contribution is 2.35. The number of aromatic nitrogens is 3. The van der Waals surface area contributed by atoms with Crippen LogP contribution in [0.1, 0.15) is 0 Å². The van der Waals surface area contributed by atoms with Gasteiger partial charge in [0.15, 0.2) is 0 Å². The van der Waals surface area contributed by atoms with Crippen LogP contribution in [0.5, 0.6) is 5.75 Å². The van der Waals surface area contributed by atoms with Gasteiger partial charge in [-0.05, 0) is 12.1 Å². The van der Waals surface area contributed by atoms with Crippen molar-refractivity contribution in [3.63, 3.8) is 0 Å². The van der Waals surface area contributed by atoms with Crippen LogP contribution in [-0.2, 0) is 4.74 Å². The Hall–Kier alpha value is -2.21. The second-order valence-corrected chi connectivity index (χ2v) is 5.76. The Labute approximate surface area is 129 Å². The molecule has 3 atom stereocenters. The zero-order valence-corrected chi connectivity index (χ0v) is 12.2. The molecule has 6 heteroatoms. The second kappa shape index (κ2) is 5.88. The SMILES string of the molecule is c1cc(OC[C@@H]2CO[C@@H]3CN(c4cnccn4)C[C@H]23)ccn1. The lowest BCUT2D eigenvalue weighted by Gasteiger charge is -2.20. The maximum absolute atomic E-state index is 5.95. The Kier molecular flexibility index (Phi) is 3.60. The minimum atomic E-state index is 0.271. The molecule has 2 saturated heterocycles.